The van der Waals surface area contributed by atoms with Gasteiger partial charge in [-0.3, -0.25) is 4.68 Å². The van der Waals surface area contributed by atoms with Crippen LogP contribution < -0.4 is 5.32 Å². The van der Waals surface area contributed by atoms with E-state index >= 15 is 0 Å². The fourth-order valence-corrected chi connectivity index (χ4v) is 3.00. The zero-order valence-electron chi connectivity index (χ0n) is 13.3. The number of aromatic nitrogens is 2. The molecule has 0 aliphatic heterocycles. The molecule has 0 aliphatic carbocycles. The first-order chi connectivity index (χ1) is 10.1. The molecule has 4 heteroatoms. The molecule has 0 saturated heterocycles. The van der Waals surface area contributed by atoms with Gasteiger partial charge in [-0.15, -0.1) is 0 Å². The van der Waals surface area contributed by atoms with E-state index in [9.17, 15) is 0 Å². The lowest BCUT2D eigenvalue weighted by atomic mass is 10.0. The first kappa shape index (κ1) is 16.2. The summed E-state index contributed by atoms with van der Waals surface area (Å²) in [5, 5.41) is 8.21. The van der Waals surface area contributed by atoms with E-state index in [0.29, 0.717) is 6.04 Å². The Kier molecular flexibility index (Phi) is 5.59. The van der Waals surface area contributed by atoms with Crippen LogP contribution in [0.2, 0.25) is 0 Å². The van der Waals surface area contributed by atoms with Crippen molar-refractivity contribution in [3.63, 3.8) is 0 Å². The summed E-state index contributed by atoms with van der Waals surface area (Å²) >= 11 is 3.48. The summed E-state index contributed by atoms with van der Waals surface area (Å²) < 4.78 is 3.28. The first-order valence-corrected chi connectivity index (χ1v) is 8.40. The quantitative estimate of drug-likeness (QED) is 0.850. The van der Waals surface area contributed by atoms with Crippen molar-refractivity contribution in [3.8, 4) is 0 Å². The summed E-state index contributed by atoms with van der Waals surface area (Å²) in [6.07, 6.45) is 1.98. The van der Waals surface area contributed by atoms with Gasteiger partial charge in [0.2, 0.25) is 0 Å². The van der Waals surface area contributed by atoms with Gasteiger partial charge in [-0.25, -0.2) is 0 Å². The molecule has 0 bridgehead atoms. The van der Waals surface area contributed by atoms with Crippen LogP contribution in [-0.2, 0) is 19.4 Å². The van der Waals surface area contributed by atoms with Crippen LogP contribution in [0.15, 0.2) is 28.7 Å². The Balaban J connectivity index is 2.39. The molecule has 0 aliphatic rings. The molecule has 21 heavy (non-hydrogen) atoms. The van der Waals surface area contributed by atoms with Crippen LogP contribution >= 0.6 is 15.9 Å². The minimum absolute atomic E-state index is 0.341. The lowest BCUT2D eigenvalue weighted by molar-refractivity contribution is 0.620. The molecule has 3 nitrogen and oxygen atoms in total. The van der Waals surface area contributed by atoms with Crippen molar-refractivity contribution in [1.82, 2.24) is 15.1 Å². The molecule has 1 heterocycles. The smallest absolute Gasteiger partial charge is 0.0672 e. The molecular formula is C17H24BrN3. The van der Waals surface area contributed by atoms with E-state index in [0.717, 1.165) is 23.9 Å². The predicted molar refractivity (Wildman–Crippen MR) is 91.7 cm³/mol. The standard InChI is InChI=1S/C17H24BrN3/c1-5-15-17(12(3)19-4)16(6-2)21(20-15)11-13-7-9-14(18)10-8-13/h7-10,12,19H,5-6,11H2,1-4H3. The van der Waals surface area contributed by atoms with Gasteiger partial charge in [-0.05, 0) is 44.5 Å². The number of benzene rings is 1. The molecule has 0 amide bonds. The van der Waals surface area contributed by atoms with Crippen molar-refractivity contribution >= 4 is 15.9 Å². The second-order valence-corrected chi connectivity index (χ2v) is 6.22. The third-order valence-electron chi connectivity index (χ3n) is 3.96. The number of hydrogen-bond acceptors (Lipinski definition) is 2. The minimum Gasteiger partial charge on any atom is -0.313 e. The van der Waals surface area contributed by atoms with Crippen molar-refractivity contribution < 1.29 is 0 Å². The van der Waals surface area contributed by atoms with Crippen molar-refractivity contribution in [2.45, 2.75) is 46.2 Å². The number of aryl methyl sites for hydroxylation is 1. The summed E-state index contributed by atoms with van der Waals surface area (Å²) in [7, 11) is 2.01. The van der Waals surface area contributed by atoms with Gasteiger partial charge in [0.1, 0.15) is 0 Å². The van der Waals surface area contributed by atoms with Crippen molar-refractivity contribution in [2.75, 3.05) is 7.05 Å². The van der Waals surface area contributed by atoms with Crippen LogP contribution in [0.4, 0.5) is 0 Å². The third-order valence-corrected chi connectivity index (χ3v) is 4.48. The number of halogens is 1. The molecule has 1 N–H and O–H groups in total. The van der Waals surface area contributed by atoms with Gasteiger partial charge in [0, 0.05) is 21.8 Å². The van der Waals surface area contributed by atoms with Crippen LogP contribution in [0.1, 0.15) is 49.3 Å². The van der Waals surface area contributed by atoms with E-state index in [1.165, 1.54) is 22.5 Å². The van der Waals surface area contributed by atoms with Gasteiger partial charge in [-0.1, -0.05) is 41.9 Å². The Labute approximate surface area is 135 Å². The second kappa shape index (κ2) is 7.23. The Morgan fingerprint density at radius 3 is 2.38 bits per heavy atom. The largest absolute Gasteiger partial charge is 0.313 e. The third kappa shape index (κ3) is 3.55. The lowest BCUT2D eigenvalue weighted by Crippen LogP contribution is -2.15. The van der Waals surface area contributed by atoms with Crippen molar-refractivity contribution in [1.29, 1.82) is 0 Å². The highest BCUT2D eigenvalue weighted by Crippen LogP contribution is 2.24. The summed E-state index contributed by atoms with van der Waals surface area (Å²) in [4.78, 5) is 0. The Morgan fingerprint density at radius 2 is 1.86 bits per heavy atom. The van der Waals surface area contributed by atoms with Crippen LogP contribution in [0, 0.1) is 0 Å². The molecule has 2 aromatic rings. The number of hydrogen-bond donors (Lipinski definition) is 1. The molecule has 0 fully saturated rings. The number of nitrogens with zero attached hydrogens (tertiary/aromatic N) is 2. The fraction of sp³-hybridized carbons (Fsp3) is 0.471. The van der Waals surface area contributed by atoms with Gasteiger partial charge >= 0.3 is 0 Å². The van der Waals surface area contributed by atoms with Crippen LogP contribution in [0.5, 0.6) is 0 Å². The van der Waals surface area contributed by atoms with Crippen LogP contribution in [0.3, 0.4) is 0 Å². The fourth-order valence-electron chi connectivity index (χ4n) is 2.74. The zero-order chi connectivity index (χ0) is 15.4. The summed E-state index contributed by atoms with van der Waals surface area (Å²) in [6, 6.07) is 8.81. The Morgan fingerprint density at radius 1 is 1.19 bits per heavy atom. The number of nitrogens with one attached hydrogen (secondary N) is 1. The van der Waals surface area contributed by atoms with Gasteiger partial charge in [0.05, 0.1) is 12.2 Å². The van der Waals surface area contributed by atoms with Crippen molar-refractivity contribution in [2.24, 2.45) is 0 Å². The van der Waals surface area contributed by atoms with E-state index in [4.69, 9.17) is 5.10 Å². The molecule has 1 aromatic heterocycles. The second-order valence-electron chi connectivity index (χ2n) is 5.31. The molecular weight excluding hydrogens is 326 g/mol. The summed E-state index contributed by atoms with van der Waals surface area (Å²) in [5.74, 6) is 0. The van der Waals surface area contributed by atoms with E-state index in [1.54, 1.807) is 0 Å². The Bertz CT molecular complexity index is 587. The molecule has 114 valence electrons. The number of rotatable bonds is 6. The maximum Gasteiger partial charge on any atom is 0.0672 e. The molecule has 2 rings (SSSR count). The van der Waals surface area contributed by atoms with Gasteiger partial charge < -0.3 is 5.32 Å². The highest BCUT2D eigenvalue weighted by atomic mass is 79.9. The van der Waals surface area contributed by atoms with E-state index in [-0.39, 0.29) is 0 Å². The molecule has 1 unspecified atom stereocenters. The maximum atomic E-state index is 4.85. The molecule has 1 aromatic carbocycles. The predicted octanol–water partition coefficient (Wildman–Crippen LogP) is 4.10. The normalized spacial score (nSPS) is 12.6. The summed E-state index contributed by atoms with van der Waals surface area (Å²) in [6.45, 7) is 7.43. The van der Waals surface area contributed by atoms with Gasteiger partial charge in [-0.2, -0.15) is 5.10 Å². The van der Waals surface area contributed by atoms with Gasteiger partial charge in [0.15, 0.2) is 0 Å². The maximum absolute atomic E-state index is 4.85. The van der Waals surface area contributed by atoms with Crippen molar-refractivity contribution in [3.05, 3.63) is 51.3 Å². The van der Waals surface area contributed by atoms with E-state index in [1.807, 2.05) is 7.05 Å². The monoisotopic (exact) mass is 349 g/mol. The highest BCUT2D eigenvalue weighted by Gasteiger charge is 2.19. The zero-order valence-corrected chi connectivity index (χ0v) is 14.9. The topological polar surface area (TPSA) is 29.9 Å². The lowest BCUT2D eigenvalue weighted by Gasteiger charge is -2.13. The van der Waals surface area contributed by atoms with E-state index < -0.39 is 0 Å². The molecule has 1 atom stereocenters. The SMILES string of the molecule is CCc1nn(Cc2ccc(Br)cc2)c(CC)c1C(C)NC. The van der Waals surface area contributed by atoms with Gasteiger partial charge in [0.25, 0.3) is 0 Å². The highest BCUT2D eigenvalue weighted by molar-refractivity contribution is 9.10. The Hall–Kier alpha value is -1.13. The molecule has 0 radical (unpaired) electrons. The average molecular weight is 350 g/mol. The van der Waals surface area contributed by atoms with Crippen LogP contribution in [0.25, 0.3) is 0 Å². The summed E-state index contributed by atoms with van der Waals surface area (Å²) in [5.41, 5.74) is 5.21. The van der Waals surface area contributed by atoms with Crippen LogP contribution in [-0.4, -0.2) is 16.8 Å². The molecule has 0 spiro atoms. The average Bonchev–Trinajstić information content (AvgIpc) is 2.86. The van der Waals surface area contributed by atoms with E-state index in [2.05, 4.69) is 71.0 Å². The minimum atomic E-state index is 0.341. The molecule has 0 saturated carbocycles. The first-order valence-electron chi connectivity index (χ1n) is 7.60.